The molecule has 3 atom stereocenters. The zero-order valence-electron chi connectivity index (χ0n) is 17.4. The number of rotatable bonds is 5. The molecule has 1 aromatic carbocycles. The lowest BCUT2D eigenvalue weighted by Crippen LogP contribution is -2.62. The lowest BCUT2D eigenvalue weighted by atomic mass is 9.82. The van der Waals surface area contributed by atoms with Gasteiger partial charge in [0.05, 0.1) is 0 Å². The smallest absolute Gasteiger partial charge is 0.299 e. The lowest BCUT2D eigenvalue weighted by Gasteiger charge is -2.46. The normalized spacial score (nSPS) is 28.7. The van der Waals surface area contributed by atoms with Crippen molar-refractivity contribution in [1.29, 1.82) is 0 Å². The van der Waals surface area contributed by atoms with Crippen LogP contribution < -0.4 is 10.6 Å². The number of amides is 1. The molecule has 0 spiro atoms. The van der Waals surface area contributed by atoms with Gasteiger partial charge in [0, 0.05) is 31.2 Å². The molecule has 158 valence electrons. The topological polar surface area (TPSA) is 75.6 Å². The number of halogens is 1. The molecule has 7 heteroatoms. The zero-order chi connectivity index (χ0) is 20.6. The molecule has 0 bridgehead atoms. The Hall–Kier alpha value is -2.15. The standard InChI is InChI=1S/C22H31FN4O2/c1-15-6-5-7-16(2)26(15)13-11-22(20(24)28)10-3-4-12-27(22)21-25-18-14-17(23)8-9-19(18)29-21/h8-9,14-16H,3-7,10-13H2,1-2H3,(H2,24,28)/t15-,16+,22?. The average molecular weight is 403 g/mol. The first-order valence-corrected chi connectivity index (χ1v) is 10.8. The highest BCUT2D eigenvalue weighted by molar-refractivity contribution is 5.89. The number of oxazole rings is 1. The van der Waals surface area contributed by atoms with Gasteiger partial charge >= 0.3 is 0 Å². The molecule has 1 amide bonds. The number of primary amides is 1. The van der Waals surface area contributed by atoms with Gasteiger partial charge in [0.2, 0.25) is 5.91 Å². The number of aromatic nitrogens is 1. The molecular weight excluding hydrogens is 371 g/mol. The minimum Gasteiger partial charge on any atom is -0.423 e. The summed E-state index contributed by atoms with van der Waals surface area (Å²) >= 11 is 0. The maximum atomic E-state index is 13.6. The molecule has 29 heavy (non-hydrogen) atoms. The van der Waals surface area contributed by atoms with E-state index in [1.165, 1.54) is 31.4 Å². The van der Waals surface area contributed by atoms with Crippen molar-refractivity contribution in [2.45, 2.75) is 76.4 Å². The first kappa shape index (κ1) is 20.1. The Morgan fingerprint density at radius 2 is 2.03 bits per heavy atom. The Morgan fingerprint density at radius 3 is 2.76 bits per heavy atom. The van der Waals surface area contributed by atoms with E-state index in [-0.39, 0.29) is 11.7 Å². The molecular formula is C22H31FN4O2. The Labute approximate surface area is 171 Å². The molecule has 0 saturated carbocycles. The van der Waals surface area contributed by atoms with E-state index in [1.807, 2.05) is 4.90 Å². The Bertz CT molecular complexity index is 875. The fourth-order valence-electron chi connectivity index (χ4n) is 5.19. The van der Waals surface area contributed by atoms with Crippen molar-refractivity contribution in [3.05, 3.63) is 24.0 Å². The number of anilines is 1. The van der Waals surface area contributed by atoms with E-state index < -0.39 is 5.54 Å². The molecule has 2 N–H and O–H groups in total. The monoisotopic (exact) mass is 402 g/mol. The summed E-state index contributed by atoms with van der Waals surface area (Å²) in [7, 11) is 0. The maximum Gasteiger partial charge on any atom is 0.299 e. The number of carbonyl (C=O) groups is 1. The van der Waals surface area contributed by atoms with Crippen molar-refractivity contribution in [2.24, 2.45) is 5.73 Å². The van der Waals surface area contributed by atoms with E-state index in [4.69, 9.17) is 10.2 Å². The molecule has 6 nitrogen and oxygen atoms in total. The van der Waals surface area contributed by atoms with Crippen LogP contribution in [-0.2, 0) is 4.79 Å². The van der Waals surface area contributed by atoms with Crippen LogP contribution in [0.15, 0.2) is 22.6 Å². The predicted octanol–water partition coefficient (Wildman–Crippen LogP) is 3.83. The van der Waals surface area contributed by atoms with Gasteiger partial charge in [-0.05, 0) is 64.5 Å². The lowest BCUT2D eigenvalue weighted by molar-refractivity contribution is -0.124. The van der Waals surface area contributed by atoms with E-state index in [1.54, 1.807) is 6.07 Å². The van der Waals surface area contributed by atoms with E-state index >= 15 is 0 Å². The SMILES string of the molecule is C[C@@H]1CCC[C@H](C)N1CCC1(C(N)=O)CCCCN1c1nc2cc(F)ccc2o1. The molecule has 1 aromatic heterocycles. The summed E-state index contributed by atoms with van der Waals surface area (Å²) in [6.45, 7) is 6.00. The second-order valence-corrected chi connectivity index (χ2v) is 8.73. The summed E-state index contributed by atoms with van der Waals surface area (Å²) in [4.78, 5) is 21.7. The van der Waals surface area contributed by atoms with Crippen LogP contribution in [0.2, 0.25) is 0 Å². The number of nitrogens with zero attached hydrogens (tertiary/aromatic N) is 3. The van der Waals surface area contributed by atoms with Gasteiger partial charge in [0.15, 0.2) is 5.58 Å². The Morgan fingerprint density at radius 1 is 1.28 bits per heavy atom. The quantitative estimate of drug-likeness (QED) is 0.822. The van der Waals surface area contributed by atoms with Crippen LogP contribution in [0.4, 0.5) is 10.4 Å². The summed E-state index contributed by atoms with van der Waals surface area (Å²) < 4.78 is 19.5. The summed E-state index contributed by atoms with van der Waals surface area (Å²) in [5.41, 5.74) is 6.16. The van der Waals surface area contributed by atoms with Crippen LogP contribution in [0.1, 0.15) is 58.8 Å². The van der Waals surface area contributed by atoms with Crippen LogP contribution in [0.3, 0.4) is 0 Å². The van der Waals surface area contributed by atoms with Crippen LogP contribution in [-0.4, -0.2) is 46.5 Å². The van der Waals surface area contributed by atoms with Gasteiger partial charge in [-0.2, -0.15) is 4.98 Å². The first-order chi connectivity index (χ1) is 13.9. The number of fused-ring (bicyclic) bond motifs is 1. The number of piperidine rings is 2. The molecule has 2 aliphatic rings. The molecule has 0 radical (unpaired) electrons. The van der Waals surface area contributed by atoms with Crippen molar-refractivity contribution in [3.8, 4) is 0 Å². The van der Waals surface area contributed by atoms with E-state index in [2.05, 4.69) is 23.7 Å². The van der Waals surface area contributed by atoms with Gasteiger partial charge < -0.3 is 15.1 Å². The maximum absolute atomic E-state index is 13.6. The van der Waals surface area contributed by atoms with Crippen molar-refractivity contribution >= 4 is 23.0 Å². The molecule has 4 rings (SSSR count). The number of hydrogen-bond donors (Lipinski definition) is 1. The number of carbonyl (C=O) groups excluding carboxylic acids is 1. The highest BCUT2D eigenvalue weighted by atomic mass is 19.1. The van der Waals surface area contributed by atoms with E-state index in [0.29, 0.717) is 48.6 Å². The highest BCUT2D eigenvalue weighted by Gasteiger charge is 2.46. The van der Waals surface area contributed by atoms with Gasteiger partial charge in [-0.1, -0.05) is 6.42 Å². The van der Waals surface area contributed by atoms with E-state index in [0.717, 1.165) is 19.4 Å². The largest absolute Gasteiger partial charge is 0.423 e. The van der Waals surface area contributed by atoms with Gasteiger partial charge in [0.1, 0.15) is 16.9 Å². The molecule has 2 saturated heterocycles. The zero-order valence-corrected chi connectivity index (χ0v) is 17.4. The third kappa shape index (κ3) is 3.72. The van der Waals surface area contributed by atoms with Crippen molar-refractivity contribution in [3.63, 3.8) is 0 Å². The fourth-order valence-corrected chi connectivity index (χ4v) is 5.19. The van der Waals surface area contributed by atoms with Crippen molar-refractivity contribution < 1.29 is 13.6 Å². The summed E-state index contributed by atoms with van der Waals surface area (Å²) in [5, 5.41) is 0. The van der Waals surface area contributed by atoms with Gasteiger partial charge in [0.25, 0.3) is 6.01 Å². The number of likely N-dealkylation sites (tertiary alicyclic amines) is 1. The van der Waals surface area contributed by atoms with Crippen LogP contribution >= 0.6 is 0 Å². The number of benzene rings is 1. The molecule has 2 aromatic rings. The minimum atomic E-state index is -0.825. The Balaban J connectivity index is 1.64. The van der Waals surface area contributed by atoms with E-state index in [9.17, 15) is 9.18 Å². The van der Waals surface area contributed by atoms with Crippen molar-refractivity contribution in [2.75, 3.05) is 18.0 Å². The summed E-state index contributed by atoms with van der Waals surface area (Å²) in [6, 6.07) is 5.67. The second kappa shape index (κ2) is 7.94. The van der Waals surface area contributed by atoms with Gasteiger partial charge in [-0.15, -0.1) is 0 Å². The fraction of sp³-hybridized carbons (Fsp3) is 0.636. The molecule has 2 fully saturated rings. The molecule has 1 unspecified atom stereocenters. The Kier molecular flexibility index (Phi) is 5.51. The van der Waals surface area contributed by atoms with Crippen LogP contribution in [0, 0.1) is 5.82 Å². The highest BCUT2D eigenvalue weighted by Crippen LogP contribution is 2.37. The summed E-state index contributed by atoms with van der Waals surface area (Å²) in [6.07, 6.45) is 6.85. The molecule has 2 aliphatic heterocycles. The summed E-state index contributed by atoms with van der Waals surface area (Å²) in [5.74, 6) is -0.687. The van der Waals surface area contributed by atoms with Crippen LogP contribution in [0.25, 0.3) is 11.1 Å². The first-order valence-electron chi connectivity index (χ1n) is 10.8. The van der Waals surface area contributed by atoms with Gasteiger partial charge in [-0.25, -0.2) is 4.39 Å². The van der Waals surface area contributed by atoms with Crippen LogP contribution in [0.5, 0.6) is 0 Å². The third-order valence-electron chi connectivity index (χ3n) is 6.93. The molecule has 0 aliphatic carbocycles. The average Bonchev–Trinajstić information content (AvgIpc) is 3.10. The third-order valence-corrected chi connectivity index (χ3v) is 6.93. The minimum absolute atomic E-state index is 0.331. The second-order valence-electron chi connectivity index (χ2n) is 8.73. The molecule has 3 heterocycles. The van der Waals surface area contributed by atoms with Gasteiger partial charge in [-0.3, -0.25) is 9.69 Å². The number of hydrogen-bond acceptors (Lipinski definition) is 5. The van der Waals surface area contributed by atoms with Crippen molar-refractivity contribution in [1.82, 2.24) is 9.88 Å². The number of nitrogens with two attached hydrogens (primary N) is 1. The predicted molar refractivity (Wildman–Crippen MR) is 111 cm³/mol.